The van der Waals surface area contributed by atoms with Gasteiger partial charge in [0.15, 0.2) is 0 Å². The third-order valence-corrected chi connectivity index (χ3v) is 6.93. The van der Waals surface area contributed by atoms with Gasteiger partial charge in [-0.1, -0.05) is 18.2 Å². The van der Waals surface area contributed by atoms with Gasteiger partial charge in [0, 0.05) is 19.3 Å². The number of anilines is 1. The van der Waals surface area contributed by atoms with Crippen LogP contribution in [0.2, 0.25) is 0 Å². The number of para-hydroxylation sites is 1. The van der Waals surface area contributed by atoms with Gasteiger partial charge >= 0.3 is 18.2 Å². The van der Waals surface area contributed by atoms with Crippen LogP contribution in [0.5, 0.6) is 5.75 Å². The largest absolute Gasteiger partial charge is 0.487 e. The van der Waals surface area contributed by atoms with Crippen LogP contribution >= 0.6 is 0 Å². The number of nitrogens with zero attached hydrogens (tertiary/aromatic N) is 4. The minimum atomic E-state index is -4.62. The molecule has 0 spiro atoms. The molecule has 2 amide bonds. The monoisotopic (exact) mass is 602 g/mol. The molecule has 3 aromatic rings. The standard InChI is InChI=1S/C30H33F3N4O6/c1-18-21-13-14-36(26(38)16-23(27(39)40)35(5)28(41)43-29(2,3)4)22(21)11-12-24(18)42-17-19-15-25(30(31,32)33)37(34-19)20-9-7-6-8-10-20/h6-12,15,23H,13-14,16-17H2,1-5H3,(H,39,40)/t23-/m1/s1. The van der Waals surface area contributed by atoms with Crippen LogP contribution in [-0.4, -0.2) is 63.0 Å². The van der Waals surface area contributed by atoms with Crippen molar-refractivity contribution in [3.63, 3.8) is 0 Å². The number of carbonyl (C=O) groups is 3. The maximum Gasteiger partial charge on any atom is 0.433 e. The van der Waals surface area contributed by atoms with E-state index in [0.29, 0.717) is 23.4 Å². The number of amides is 2. The summed E-state index contributed by atoms with van der Waals surface area (Å²) in [7, 11) is 1.27. The van der Waals surface area contributed by atoms with Gasteiger partial charge in [0.05, 0.1) is 12.1 Å². The first kappa shape index (κ1) is 31.4. The second kappa shape index (κ2) is 12.0. The van der Waals surface area contributed by atoms with Crippen molar-refractivity contribution in [3.05, 3.63) is 71.0 Å². The molecule has 4 rings (SSSR count). The summed E-state index contributed by atoms with van der Waals surface area (Å²) in [6.07, 6.45) is -5.48. The highest BCUT2D eigenvalue weighted by atomic mass is 19.4. The summed E-state index contributed by atoms with van der Waals surface area (Å²) in [6, 6.07) is 10.8. The number of rotatable bonds is 8. The molecular weight excluding hydrogens is 569 g/mol. The lowest BCUT2D eigenvalue weighted by atomic mass is 10.1. The highest BCUT2D eigenvalue weighted by Gasteiger charge is 2.37. The van der Waals surface area contributed by atoms with Gasteiger partial charge in [0.25, 0.3) is 0 Å². The average Bonchev–Trinajstić information content (AvgIpc) is 3.56. The number of halogens is 3. The van der Waals surface area contributed by atoms with Crippen molar-refractivity contribution in [2.45, 2.75) is 65.0 Å². The second-order valence-corrected chi connectivity index (χ2v) is 11.2. The first-order valence-electron chi connectivity index (χ1n) is 13.5. The number of hydrogen-bond acceptors (Lipinski definition) is 6. The van der Waals surface area contributed by atoms with Crippen molar-refractivity contribution in [3.8, 4) is 11.4 Å². The Kier molecular flexibility index (Phi) is 8.74. The maximum absolute atomic E-state index is 13.7. The predicted molar refractivity (Wildman–Crippen MR) is 150 cm³/mol. The van der Waals surface area contributed by atoms with Crippen LogP contribution in [0.4, 0.5) is 23.7 Å². The van der Waals surface area contributed by atoms with Gasteiger partial charge in [-0.15, -0.1) is 0 Å². The molecule has 0 aliphatic carbocycles. The van der Waals surface area contributed by atoms with E-state index in [1.807, 2.05) is 0 Å². The maximum atomic E-state index is 13.7. The van der Waals surface area contributed by atoms with Crippen LogP contribution in [0.3, 0.4) is 0 Å². The Balaban J connectivity index is 1.48. The lowest BCUT2D eigenvalue weighted by Gasteiger charge is -2.29. The molecule has 0 bridgehead atoms. The molecule has 10 nitrogen and oxygen atoms in total. The molecule has 1 aromatic heterocycles. The number of carboxylic acid groups (broad SMARTS) is 1. The van der Waals surface area contributed by atoms with E-state index in [2.05, 4.69) is 5.10 Å². The van der Waals surface area contributed by atoms with Crippen molar-refractivity contribution in [2.24, 2.45) is 0 Å². The van der Waals surface area contributed by atoms with Crippen LogP contribution < -0.4 is 9.64 Å². The van der Waals surface area contributed by atoms with Crippen LogP contribution in [0.15, 0.2) is 48.5 Å². The molecule has 2 aromatic carbocycles. The molecule has 2 heterocycles. The first-order chi connectivity index (χ1) is 20.1. The number of carboxylic acids is 1. The van der Waals surface area contributed by atoms with Gasteiger partial charge in [0.1, 0.15) is 35.4 Å². The number of fused-ring (bicyclic) bond motifs is 1. The summed E-state index contributed by atoms with van der Waals surface area (Å²) < 4.78 is 53.1. The molecule has 0 saturated heterocycles. The van der Waals surface area contributed by atoms with E-state index >= 15 is 0 Å². The molecule has 1 N–H and O–H groups in total. The third kappa shape index (κ3) is 7.09. The fraction of sp³-hybridized carbons (Fsp3) is 0.400. The number of ether oxygens (including phenoxy) is 2. The number of aromatic nitrogens is 2. The van der Waals surface area contributed by atoms with E-state index in [-0.39, 0.29) is 24.5 Å². The highest BCUT2D eigenvalue weighted by Crippen LogP contribution is 2.37. The van der Waals surface area contributed by atoms with Gasteiger partial charge in [-0.2, -0.15) is 18.3 Å². The Hall–Kier alpha value is -4.55. The van der Waals surface area contributed by atoms with Gasteiger partial charge in [-0.3, -0.25) is 9.69 Å². The number of benzene rings is 2. The van der Waals surface area contributed by atoms with E-state index in [1.165, 1.54) is 24.1 Å². The lowest BCUT2D eigenvalue weighted by Crippen LogP contribution is -2.47. The average molecular weight is 603 g/mol. The molecular formula is C30H33F3N4O6. The van der Waals surface area contributed by atoms with Crippen LogP contribution in [0.1, 0.15) is 49.7 Å². The Morgan fingerprint density at radius 3 is 2.37 bits per heavy atom. The minimum Gasteiger partial charge on any atom is -0.487 e. The Bertz CT molecular complexity index is 1510. The summed E-state index contributed by atoms with van der Waals surface area (Å²) in [5.41, 5.74) is 0.659. The highest BCUT2D eigenvalue weighted by molar-refractivity contribution is 5.98. The van der Waals surface area contributed by atoms with E-state index in [1.54, 1.807) is 58.0 Å². The van der Waals surface area contributed by atoms with Gasteiger partial charge in [-0.05, 0) is 75.6 Å². The zero-order valence-electron chi connectivity index (χ0n) is 24.4. The second-order valence-electron chi connectivity index (χ2n) is 11.2. The minimum absolute atomic E-state index is 0.0849. The summed E-state index contributed by atoms with van der Waals surface area (Å²) in [4.78, 5) is 40.0. The smallest absolute Gasteiger partial charge is 0.433 e. The molecule has 43 heavy (non-hydrogen) atoms. The summed E-state index contributed by atoms with van der Waals surface area (Å²) >= 11 is 0. The van der Waals surface area contributed by atoms with Crippen molar-refractivity contribution in [1.82, 2.24) is 14.7 Å². The van der Waals surface area contributed by atoms with Crippen LogP contribution in [0, 0.1) is 6.92 Å². The molecule has 0 radical (unpaired) electrons. The number of carbonyl (C=O) groups excluding carboxylic acids is 2. The molecule has 13 heteroatoms. The van der Waals surface area contributed by atoms with Crippen molar-refractivity contribution >= 4 is 23.7 Å². The van der Waals surface area contributed by atoms with Gasteiger partial charge < -0.3 is 19.5 Å². The Labute approximate surface area is 246 Å². The number of alkyl halides is 3. The van der Waals surface area contributed by atoms with E-state index in [9.17, 15) is 32.7 Å². The van der Waals surface area contributed by atoms with Crippen molar-refractivity contribution in [2.75, 3.05) is 18.5 Å². The SMILES string of the molecule is Cc1c(OCc2cc(C(F)(F)F)n(-c3ccccc3)n2)ccc2c1CCN2C(=O)C[C@H](C(=O)O)N(C)C(=O)OC(C)(C)C. The van der Waals surface area contributed by atoms with E-state index < -0.39 is 47.9 Å². The molecule has 1 aliphatic heterocycles. The Morgan fingerprint density at radius 2 is 1.77 bits per heavy atom. The number of aliphatic carboxylic acids is 1. The van der Waals surface area contributed by atoms with Crippen molar-refractivity contribution in [1.29, 1.82) is 0 Å². The fourth-order valence-electron chi connectivity index (χ4n) is 4.80. The normalized spacial score (nSPS) is 13.8. The molecule has 0 fully saturated rings. The van der Waals surface area contributed by atoms with Crippen LogP contribution in [0.25, 0.3) is 5.69 Å². The molecule has 1 aliphatic rings. The van der Waals surface area contributed by atoms with Gasteiger partial charge in [0.2, 0.25) is 5.91 Å². The molecule has 1 atom stereocenters. The van der Waals surface area contributed by atoms with Crippen molar-refractivity contribution < 1.29 is 42.1 Å². The summed E-state index contributed by atoms with van der Waals surface area (Å²) in [5, 5.41) is 13.9. The zero-order chi connectivity index (χ0) is 31.7. The Morgan fingerprint density at radius 1 is 1.09 bits per heavy atom. The molecule has 230 valence electrons. The van der Waals surface area contributed by atoms with E-state index in [0.717, 1.165) is 21.2 Å². The number of hydrogen-bond donors (Lipinski definition) is 1. The molecule has 0 unspecified atom stereocenters. The third-order valence-electron chi connectivity index (χ3n) is 6.93. The van der Waals surface area contributed by atoms with Gasteiger partial charge in [-0.25, -0.2) is 14.3 Å². The number of likely N-dealkylation sites (N-methyl/N-ethyl adjacent to an activating group) is 1. The quantitative estimate of drug-likeness (QED) is 0.368. The lowest BCUT2D eigenvalue weighted by molar-refractivity contribution is -0.144. The fourth-order valence-corrected chi connectivity index (χ4v) is 4.80. The molecule has 0 saturated carbocycles. The zero-order valence-corrected chi connectivity index (χ0v) is 24.4. The van der Waals surface area contributed by atoms with E-state index in [4.69, 9.17) is 9.47 Å². The predicted octanol–water partition coefficient (Wildman–Crippen LogP) is 5.38. The van der Waals surface area contributed by atoms with Crippen LogP contribution in [-0.2, 0) is 33.5 Å². The summed E-state index contributed by atoms with van der Waals surface area (Å²) in [5.74, 6) is -1.41. The topological polar surface area (TPSA) is 114 Å². The summed E-state index contributed by atoms with van der Waals surface area (Å²) in [6.45, 7) is 6.80. The first-order valence-corrected chi connectivity index (χ1v) is 13.5.